The number of carbonyl (C=O) groups excluding carboxylic acids is 1. The van der Waals surface area contributed by atoms with Crippen LogP contribution in [0.3, 0.4) is 0 Å². The van der Waals surface area contributed by atoms with Crippen molar-refractivity contribution in [2.45, 2.75) is 38.0 Å². The SMILES string of the molecule is Cl.NC[C@H]1CCC[C@H]1C(=O)Nc1ccc(-c2cnc(C3CC3)o2)cc1. The van der Waals surface area contributed by atoms with Crippen LogP contribution >= 0.6 is 12.4 Å². The molecule has 0 saturated heterocycles. The molecule has 1 heterocycles. The molecule has 2 fully saturated rings. The summed E-state index contributed by atoms with van der Waals surface area (Å²) in [6.07, 6.45) is 7.22. The van der Waals surface area contributed by atoms with Gasteiger partial charge in [-0.2, -0.15) is 0 Å². The summed E-state index contributed by atoms with van der Waals surface area (Å²) in [6.45, 7) is 0.589. The number of anilines is 1. The number of oxazole rings is 1. The predicted molar refractivity (Wildman–Crippen MR) is 99.7 cm³/mol. The van der Waals surface area contributed by atoms with Gasteiger partial charge in [0.1, 0.15) is 0 Å². The summed E-state index contributed by atoms with van der Waals surface area (Å²) in [5, 5.41) is 3.02. The maximum absolute atomic E-state index is 12.4. The Balaban J connectivity index is 0.00000182. The lowest BCUT2D eigenvalue weighted by Gasteiger charge is -2.17. The third kappa shape index (κ3) is 3.88. The van der Waals surface area contributed by atoms with Crippen LogP contribution in [0, 0.1) is 11.8 Å². The molecule has 1 aromatic carbocycles. The lowest BCUT2D eigenvalue weighted by atomic mass is 9.95. The number of nitrogens with one attached hydrogen (secondary N) is 1. The molecule has 2 saturated carbocycles. The monoisotopic (exact) mass is 361 g/mol. The van der Waals surface area contributed by atoms with Crippen LogP contribution in [0.25, 0.3) is 11.3 Å². The standard InChI is InChI=1S/C19H23N3O2.ClH/c20-10-14-2-1-3-16(14)18(23)22-15-8-6-12(7-9-15)17-11-21-19(24-17)13-4-5-13;/h6-9,11,13-14,16H,1-5,10,20H2,(H,22,23);1H/t14-,16-;/m1./s1. The van der Waals surface area contributed by atoms with Gasteiger partial charge in [-0.3, -0.25) is 4.79 Å². The molecule has 0 radical (unpaired) electrons. The average Bonchev–Trinajstić information content (AvgIpc) is 3.14. The number of aromatic nitrogens is 1. The number of carbonyl (C=O) groups is 1. The van der Waals surface area contributed by atoms with Gasteiger partial charge in [-0.1, -0.05) is 6.42 Å². The molecule has 2 aliphatic rings. The second-order valence-electron chi connectivity index (χ2n) is 6.94. The number of amides is 1. The van der Waals surface area contributed by atoms with Gasteiger partial charge in [-0.25, -0.2) is 4.98 Å². The summed E-state index contributed by atoms with van der Waals surface area (Å²) in [6, 6.07) is 7.75. The van der Waals surface area contributed by atoms with E-state index in [9.17, 15) is 4.79 Å². The Morgan fingerprint density at radius 3 is 2.64 bits per heavy atom. The molecule has 3 N–H and O–H groups in total. The zero-order chi connectivity index (χ0) is 16.5. The second-order valence-corrected chi connectivity index (χ2v) is 6.94. The van der Waals surface area contributed by atoms with E-state index < -0.39 is 0 Å². The quantitative estimate of drug-likeness (QED) is 0.844. The summed E-state index contributed by atoms with van der Waals surface area (Å²) in [4.78, 5) is 16.8. The molecule has 5 nitrogen and oxygen atoms in total. The van der Waals surface area contributed by atoms with Crippen LogP contribution in [0.2, 0.25) is 0 Å². The van der Waals surface area contributed by atoms with Crippen molar-refractivity contribution >= 4 is 24.0 Å². The Hall–Kier alpha value is -1.85. The van der Waals surface area contributed by atoms with Crippen LogP contribution < -0.4 is 11.1 Å². The number of benzene rings is 1. The minimum absolute atomic E-state index is 0. The molecule has 0 unspecified atom stereocenters. The van der Waals surface area contributed by atoms with Crippen molar-refractivity contribution < 1.29 is 9.21 Å². The van der Waals surface area contributed by atoms with Crippen molar-refractivity contribution in [3.05, 3.63) is 36.4 Å². The first-order valence-corrected chi connectivity index (χ1v) is 8.81. The molecular weight excluding hydrogens is 338 g/mol. The highest BCUT2D eigenvalue weighted by molar-refractivity contribution is 5.93. The molecule has 0 bridgehead atoms. The van der Waals surface area contributed by atoms with E-state index in [0.717, 1.165) is 42.2 Å². The van der Waals surface area contributed by atoms with E-state index in [1.165, 1.54) is 12.8 Å². The van der Waals surface area contributed by atoms with Gasteiger partial charge in [0, 0.05) is 23.1 Å². The van der Waals surface area contributed by atoms with Crippen LogP contribution in [-0.2, 0) is 4.79 Å². The summed E-state index contributed by atoms with van der Waals surface area (Å²) < 4.78 is 5.81. The van der Waals surface area contributed by atoms with Crippen molar-refractivity contribution in [1.82, 2.24) is 4.98 Å². The Morgan fingerprint density at radius 1 is 1.20 bits per heavy atom. The van der Waals surface area contributed by atoms with Gasteiger partial charge in [0.2, 0.25) is 5.91 Å². The highest BCUT2D eigenvalue weighted by atomic mass is 35.5. The Kier molecular flexibility index (Phi) is 5.45. The largest absolute Gasteiger partial charge is 0.440 e. The Bertz CT molecular complexity index is 725. The maximum Gasteiger partial charge on any atom is 0.227 e. The van der Waals surface area contributed by atoms with E-state index in [0.29, 0.717) is 18.4 Å². The Morgan fingerprint density at radius 2 is 1.96 bits per heavy atom. The highest BCUT2D eigenvalue weighted by Gasteiger charge is 2.32. The Labute approximate surface area is 153 Å². The van der Waals surface area contributed by atoms with E-state index in [4.69, 9.17) is 10.2 Å². The third-order valence-corrected chi connectivity index (χ3v) is 5.19. The molecule has 4 rings (SSSR count). The van der Waals surface area contributed by atoms with Gasteiger partial charge in [-0.05, 0) is 62.4 Å². The van der Waals surface area contributed by atoms with Crippen LogP contribution in [-0.4, -0.2) is 17.4 Å². The lowest BCUT2D eigenvalue weighted by Crippen LogP contribution is -2.29. The molecule has 2 atom stereocenters. The van der Waals surface area contributed by atoms with Crippen LogP contribution in [0.15, 0.2) is 34.9 Å². The molecule has 1 amide bonds. The molecule has 0 aliphatic heterocycles. The summed E-state index contributed by atoms with van der Waals surface area (Å²) in [7, 11) is 0. The van der Waals surface area contributed by atoms with Gasteiger partial charge >= 0.3 is 0 Å². The van der Waals surface area contributed by atoms with Gasteiger partial charge in [-0.15, -0.1) is 12.4 Å². The average molecular weight is 362 g/mol. The van der Waals surface area contributed by atoms with Crippen molar-refractivity contribution in [1.29, 1.82) is 0 Å². The van der Waals surface area contributed by atoms with Gasteiger partial charge < -0.3 is 15.5 Å². The van der Waals surface area contributed by atoms with E-state index in [1.807, 2.05) is 24.3 Å². The van der Waals surface area contributed by atoms with Crippen molar-refractivity contribution in [2.75, 3.05) is 11.9 Å². The molecule has 134 valence electrons. The van der Waals surface area contributed by atoms with Crippen molar-refractivity contribution in [3.63, 3.8) is 0 Å². The van der Waals surface area contributed by atoms with Crippen LogP contribution in [0.4, 0.5) is 5.69 Å². The molecule has 1 aromatic heterocycles. The molecule has 25 heavy (non-hydrogen) atoms. The first-order valence-electron chi connectivity index (χ1n) is 8.81. The number of hydrogen-bond acceptors (Lipinski definition) is 4. The maximum atomic E-state index is 12.4. The zero-order valence-corrected chi connectivity index (χ0v) is 14.9. The first kappa shape index (κ1) is 18.0. The van der Waals surface area contributed by atoms with Crippen molar-refractivity contribution in [3.8, 4) is 11.3 Å². The minimum Gasteiger partial charge on any atom is -0.440 e. The third-order valence-electron chi connectivity index (χ3n) is 5.19. The first-order chi connectivity index (χ1) is 11.7. The molecule has 2 aliphatic carbocycles. The highest BCUT2D eigenvalue weighted by Crippen LogP contribution is 2.40. The van der Waals surface area contributed by atoms with E-state index >= 15 is 0 Å². The molecule has 6 heteroatoms. The fraction of sp³-hybridized carbons (Fsp3) is 0.474. The number of nitrogens with two attached hydrogens (primary N) is 1. The van der Waals surface area contributed by atoms with E-state index in [1.54, 1.807) is 6.20 Å². The van der Waals surface area contributed by atoms with Crippen LogP contribution in [0.1, 0.15) is 43.9 Å². The van der Waals surface area contributed by atoms with Gasteiger partial charge in [0.25, 0.3) is 0 Å². The second kappa shape index (κ2) is 7.58. The van der Waals surface area contributed by atoms with Gasteiger partial charge in [0.05, 0.1) is 6.20 Å². The lowest BCUT2D eigenvalue weighted by molar-refractivity contribution is -0.120. The van der Waals surface area contributed by atoms with Gasteiger partial charge in [0.15, 0.2) is 11.7 Å². The fourth-order valence-electron chi connectivity index (χ4n) is 3.56. The van der Waals surface area contributed by atoms with Crippen LogP contribution in [0.5, 0.6) is 0 Å². The number of halogens is 1. The zero-order valence-electron chi connectivity index (χ0n) is 14.1. The normalized spacial score (nSPS) is 22.4. The summed E-state index contributed by atoms with van der Waals surface area (Å²) >= 11 is 0. The van der Waals surface area contributed by atoms with Crippen molar-refractivity contribution in [2.24, 2.45) is 17.6 Å². The number of nitrogens with zero attached hydrogens (tertiary/aromatic N) is 1. The number of hydrogen-bond donors (Lipinski definition) is 2. The molecular formula is C19H24ClN3O2. The number of rotatable bonds is 5. The summed E-state index contributed by atoms with van der Waals surface area (Å²) in [5.74, 6) is 2.60. The summed E-state index contributed by atoms with van der Waals surface area (Å²) in [5.41, 5.74) is 7.56. The molecule has 2 aromatic rings. The molecule has 0 spiro atoms. The smallest absolute Gasteiger partial charge is 0.227 e. The minimum atomic E-state index is 0. The topological polar surface area (TPSA) is 81.2 Å². The predicted octanol–water partition coefficient (Wildman–Crippen LogP) is 3.95. The fourth-order valence-corrected chi connectivity index (χ4v) is 3.56. The van der Waals surface area contributed by atoms with E-state index in [-0.39, 0.29) is 24.2 Å². The van der Waals surface area contributed by atoms with E-state index in [2.05, 4.69) is 10.3 Å².